The summed E-state index contributed by atoms with van der Waals surface area (Å²) in [5.41, 5.74) is 3.79. The number of hydrogen-bond acceptors (Lipinski definition) is 3. The Morgan fingerprint density at radius 2 is 1.41 bits per heavy atom. The zero-order valence-corrected chi connectivity index (χ0v) is 14.2. The Bertz CT molecular complexity index is 805. The molecule has 0 atom stereocenters. The highest BCUT2D eigenvalue weighted by Crippen LogP contribution is 2.36. The molecule has 0 radical (unpaired) electrons. The molecule has 2 rings (SSSR count). The second kappa shape index (κ2) is 7.41. The number of halogens is 6. The van der Waals surface area contributed by atoms with E-state index < -0.39 is 30.0 Å². The van der Waals surface area contributed by atoms with Crippen LogP contribution in [0.4, 0.5) is 32.3 Å². The smallest absolute Gasteiger partial charge is 0.370 e. The van der Waals surface area contributed by atoms with E-state index in [9.17, 15) is 26.3 Å². The molecule has 1 aromatic carbocycles. The Morgan fingerprint density at radius 3 is 1.85 bits per heavy atom. The number of guanidine groups is 1. The first-order valence-electron chi connectivity index (χ1n) is 7.52. The number of aliphatic imine (C=N–C) groups is 1. The first-order chi connectivity index (χ1) is 12.3. The van der Waals surface area contributed by atoms with E-state index in [1.54, 1.807) is 19.9 Å². The van der Waals surface area contributed by atoms with Crippen molar-refractivity contribution in [1.29, 1.82) is 0 Å². The lowest BCUT2D eigenvalue weighted by Crippen LogP contribution is -2.24. The van der Waals surface area contributed by atoms with Gasteiger partial charge in [0, 0.05) is 11.4 Å². The van der Waals surface area contributed by atoms with Gasteiger partial charge in [-0.3, -0.25) is 5.32 Å². The molecule has 1 aromatic heterocycles. The van der Waals surface area contributed by atoms with Crippen LogP contribution in [-0.4, -0.2) is 15.9 Å². The number of rotatable bonds is 3. The van der Waals surface area contributed by atoms with Crippen LogP contribution in [0.15, 0.2) is 29.3 Å². The van der Waals surface area contributed by atoms with Gasteiger partial charge in [0.2, 0.25) is 5.95 Å². The minimum absolute atomic E-state index is 0.0538. The van der Waals surface area contributed by atoms with E-state index in [1.807, 2.05) is 0 Å². The topological polar surface area (TPSA) is 76.2 Å². The summed E-state index contributed by atoms with van der Waals surface area (Å²) in [4.78, 5) is 11.8. The van der Waals surface area contributed by atoms with E-state index in [2.05, 4.69) is 20.3 Å². The van der Waals surface area contributed by atoms with Gasteiger partial charge in [0.25, 0.3) is 0 Å². The molecule has 0 aliphatic heterocycles. The predicted octanol–water partition coefficient (Wildman–Crippen LogP) is 4.06. The number of aromatic nitrogens is 2. The van der Waals surface area contributed by atoms with Crippen molar-refractivity contribution in [3.63, 3.8) is 0 Å². The van der Waals surface area contributed by atoms with Crippen LogP contribution in [0.25, 0.3) is 0 Å². The van der Waals surface area contributed by atoms with Gasteiger partial charge < -0.3 is 5.73 Å². The lowest BCUT2D eigenvalue weighted by molar-refractivity contribution is -0.143. The summed E-state index contributed by atoms with van der Waals surface area (Å²) in [6, 6.07) is 2.96. The van der Waals surface area contributed by atoms with Crippen molar-refractivity contribution in [3.05, 3.63) is 52.3 Å². The summed E-state index contributed by atoms with van der Waals surface area (Å²) in [6.45, 7) is 2.94. The molecule has 3 N–H and O–H groups in total. The van der Waals surface area contributed by atoms with Crippen molar-refractivity contribution in [2.24, 2.45) is 10.7 Å². The fourth-order valence-electron chi connectivity index (χ4n) is 2.22. The second-order valence-electron chi connectivity index (χ2n) is 5.71. The molecular weight excluding hydrogens is 376 g/mol. The summed E-state index contributed by atoms with van der Waals surface area (Å²) in [5, 5.41) is 2.54. The summed E-state index contributed by atoms with van der Waals surface area (Å²) in [6.07, 6.45) is -9.84. The van der Waals surface area contributed by atoms with Gasteiger partial charge in [0.05, 0.1) is 17.7 Å². The maximum Gasteiger partial charge on any atom is 0.416 e. The number of alkyl halides is 6. The number of nitrogens with one attached hydrogen (secondary N) is 1. The highest BCUT2D eigenvalue weighted by Gasteiger charge is 2.36. The third kappa shape index (κ3) is 5.83. The SMILES string of the molecule is Cc1cc(C)nc(NC(N)=NCc2cc(C(F)(F)F)cc(C(F)(F)F)c2)n1. The van der Waals surface area contributed by atoms with E-state index >= 15 is 0 Å². The number of hydrogen-bond donors (Lipinski definition) is 2. The summed E-state index contributed by atoms with van der Waals surface area (Å²) >= 11 is 0. The quantitative estimate of drug-likeness (QED) is 0.470. The molecule has 11 heteroatoms. The molecule has 0 bridgehead atoms. The largest absolute Gasteiger partial charge is 0.416 e. The normalized spacial score (nSPS) is 13.0. The molecule has 0 aliphatic carbocycles. The highest BCUT2D eigenvalue weighted by atomic mass is 19.4. The standard InChI is InChI=1S/C16H15F6N5/c1-8-3-9(2)26-14(25-8)27-13(23)24-7-10-4-11(15(17,18)19)6-12(5-10)16(20,21)22/h3-6H,7H2,1-2H3,(H3,23,24,25,26,27). The number of nitrogens with two attached hydrogens (primary N) is 1. The second-order valence-corrected chi connectivity index (χ2v) is 5.71. The molecule has 2 aromatic rings. The van der Waals surface area contributed by atoms with Gasteiger partial charge in [-0.1, -0.05) is 0 Å². The molecule has 0 amide bonds. The Kier molecular flexibility index (Phi) is 5.62. The van der Waals surface area contributed by atoms with Crippen molar-refractivity contribution < 1.29 is 26.3 Å². The van der Waals surface area contributed by atoms with Gasteiger partial charge in [0.15, 0.2) is 5.96 Å². The minimum atomic E-state index is -4.92. The molecule has 0 fully saturated rings. The van der Waals surface area contributed by atoms with E-state index in [-0.39, 0.29) is 23.5 Å². The molecule has 0 spiro atoms. The fourth-order valence-corrected chi connectivity index (χ4v) is 2.22. The molecule has 27 heavy (non-hydrogen) atoms. The van der Waals surface area contributed by atoms with Gasteiger partial charge >= 0.3 is 12.4 Å². The van der Waals surface area contributed by atoms with Crippen LogP contribution in [0.2, 0.25) is 0 Å². The predicted molar refractivity (Wildman–Crippen MR) is 86.9 cm³/mol. The summed E-state index contributed by atoms with van der Waals surface area (Å²) in [7, 11) is 0. The van der Waals surface area contributed by atoms with E-state index in [0.29, 0.717) is 23.5 Å². The number of aryl methyl sites for hydroxylation is 2. The third-order valence-electron chi connectivity index (χ3n) is 3.30. The van der Waals surface area contributed by atoms with Crippen molar-refractivity contribution >= 4 is 11.9 Å². The average molecular weight is 391 g/mol. The number of nitrogens with zero attached hydrogens (tertiary/aromatic N) is 3. The van der Waals surface area contributed by atoms with Gasteiger partial charge in [-0.05, 0) is 43.7 Å². The molecule has 146 valence electrons. The highest BCUT2D eigenvalue weighted by molar-refractivity contribution is 5.90. The van der Waals surface area contributed by atoms with Crippen LogP contribution < -0.4 is 11.1 Å². The first kappa shape index (κ1) is 20.5. The third-order valence-corrected chi connectivity index (χ3v) is 3.30. The van der Waals surface area contributed by atoms with Crippen LogP contribution in [0.1, 0.15) is 28.1 Å². The average Bonchev–Trinajstić information content (AvgIpc) is 2.50. The van der Waals surface area contributed by atoms with E-state index in [0.717, 1.165) is 0 Å². The monoisotopic (exact) mass is 391 g/mol. The molecule has 0 saturated heterocycles. The summed E-state index contributed by atoms with van der Waals surface area (Å²) < 4.78 is 77.0. The lowest BCUT2D eigenvalue weighted by atomic mass is 10.0. The van der Waals surface area contributed by atoms with Gasteiger partial charge in [-0.25, -0.2) is 15.0 Å². The van der Waals surface area contributed by atoms with Gasteiger partial charge in [-0.15, -0.1) is 0 Å². The zero-order chi connectivity index (χ0) is 20.4. The van der Waals surface area contributed by atoms with Crippen LogP contribution in [0, 0.1) is 13.8 Å². The van der Waals surface area contributed by atoms with E-state index in [1.165, 1.54) is 0 Å². The molecule has 0 aliphatic rings. The van der Waals surface area contributed by atoms with Crippen LogP contribution in [0.5, 0.6) is 0 Å². The first-order valence-corrected chi connectivity index (χ1v) is 7.52. The maximum absolute atomic E-state index is 12.8. The van der Waals surface area contributed by atoms with Crippen LogP contribution >= 0.6 is 0 Å². The Balaban J connectivity index is 2.26. The maximum atomic E-state index is 12.8. The van der Waals surface area contributed by atoms with Crippen molar-refractivity contribution in [1.82, 2.24) is 9.97 Å². The molecule has 5 nitrogen and oxygen atoms in total. The van der Waals surface area contributed by atoms with Gasteiger partial charge in [0.1, 0.15) is 0 Å². The molecule has 0 saturated carbocycles. The van der Waals surface area contributed by atoms with E-state index in [4.69, 9.17) is 5.73 Å². The summed E-state index contributed by atoms with van der Waals surface area (Å²) in [5.74, 6) is -0.125. The zero-order valence-electron chi connectivity index (χ0n) is 14.2. The minimum Gasteiger partial charge on any atom is -0.370 e. The number of benzene rings is 1. The van der Waals surface area contributed by atoms with Crippen LogP contribution in [-0.2, 0) is 18.9 Å². The Labute approximate surface area is 150 Å². The van der Waals surface area contributed by atoms with Crippen molar-refractivity contribution in [2.75, 3.05) is 5.32 Å². The molecule has 0 unspecified atom stereocenters. The fraction of sp³-hybridized carbons (Fsp3) is 0.312. The molecular formula is C16H15F6N5. The number of anilines is 1. The Morgan fingerprint density at radius 1 is 0.926 bits per heavy atom. The van der Waals surface area contributed by atoms with Crippen molar-refractivity contribution in [3.8, 4) is 0 Å². The molecule has 1 heterocycles. The van der Waals surface area contributed by atoms with Gasteiger partial charge in [-0.2, -0.15) is 26.3 Å². The lowest BCUT2D eigenvalue weighted by Gasteiger charge is -2.13. The Hall–Kier alpha value is -2.85. The van der Waals surface area contributed by atoms with Crippen molar-refractivity contribution in [2.45, 2.75) is 32.7 Å². The van der Waals surface area contributed by atoms with Crippen LogP contribution in [0.3, 0.4) is 0 Å².